The lowest BCUT2D eigenvalue weighted by molar-refractivity contribution is -0.118. The summed E-state index contributed by atoms with van der Waals surface area (Å²) in [5, 5.41) is 4.11. The molecule has 0 aliphatic rings. The molecule has 0 heterocycles. The van der Waals surface area contributed by atoms with Gasteiger partial charge in [0, 0.05) is 21.6 Å². The van der Waals surface area contributed by atoms with Gasteiger partial charge >= 0.3 is 0 Å². The van der Waals surface area contributed by atoms with E-state index >= 15 is 0 Å². The van der Waals surface area contributed by atoms with Gasteiger partial charge in [0.15, 0.2) is 0 Å². The maximum Gasteiger partial charge on any atom is 0.216 e. The first-order valence-electron chi connectivity index (χ1n) is 7.22. The number of nitrogens with one attached hydrogen (secondary N) is 2. The molecule has 0 spiro atoms. The van der Waals surface area contributed by atoms with Crippen LogP contribution in [0.2, 0.25) is 0 Å². The molecular weight excluding hydrogens is 237 g/mol. The molecule has 4 nitrogen and oxygen atoms in total. The number of hydrogen-bond acceptors (Lipinski definition) is 3. The van der Waals surface area contributed by atoms with E-state index in [0.717, 1.165) is 6.92 Å². The average Bonchev–Trinajstić information content (AvgIpc) is 2.22. The molecule has 0 saturated heterocycles. The summed E-state index contributed by atoms with van der Waals surface area (Å²) in [4.78, 5) is 10.9. The first kappa shape index (κ1) is 9.05. The third-order valence-electron chi connectivity index (χ3n) is 1.21. The predicted molar refractivity (Wildman–Crippen MR) is 69.0 cm³/mol. The van der Waals surface area contributed by atoms with Crippen LogP contribution in [-0.2, 0) is 4.79 Å². The largest absolute Gasteiger partial charge is 0.356 e. The van der Waals surface area contributed by atoms with Gasteiger partial charge in [0.2, 0.25) is 5.91 Å². The summed E-state index contributed by atoms with van der Waals surface area (Å²) in [6.07, 6.45) is -1.73. The minimum Gasteiger partial charge on any atom is -0.356 e. The van der Waals surface area contributed by atoms with Gasteiger partial charge in [-0.15, -0.1) is 24.8 Å². The number of amides is 1. The molecule has 0 radical (unpaired) electrons. The summed E-state index contributed by atoms with van der Waals surface area (Å²) in [6, 6.07) is 0. The highest BCUT2D eigenvalue weighted by Crippen LogP contribution is 1.82. The van der Waals surface area contributed by atoms with Gasteiger partial charge in [-0.3, -0.25) is 4.79 Å². The topological polar surface area (TPSA) is 67.2 Å². The van der Waals surface area contributed by atoms with E-state index in [9.17, 15) is 4.79 Å². The van der Waals surface area contributed by atoms with Gasteiger partial charge in [0.1, 0.15) is 0 Å². The number of unbranched alkanes of at least 4 members (excludes halogenated alkanes) is 1. The molecule has 0 aromatic carbocycles. The van der Waals surface area contributed by atoms with Gasteiger partial charge in [-0.2, -0.15) is 0 Å². The zero-order valence-electron chi connectivity index (χ0n) is 14.6. The number of nitrogens with two attached hydrogens (primary N) is 1. The smallest absolute Gasteiger partial charge is 0.216 e. The Morgan fingerprint density at radius 2 is 2.00 bits per heavy atom. The minimum atomic E-state index is -2.94. The standard InChI is InChI=1S/C9H21N3O.2ClH/c1-9(13)12-8-4-7-11-6-3-2-5-10;;/h11H,2-8,10H2,1H3,(H,12,13);2*1H/i4D2,7D2,8D2;;. The molecule has 0 rings (SSSR count). The van der Waals surface area contributed by atoms with Crippen LogP contribution in [0, 0.1) is 0 Å². The van der Waals surface area contributed by atoms with Crippen molar-refractivity contribution in [2.24, 2.45) is 5.73 Å². The van der Waals surface area contributed by atoms with Crippen molar-refractivity contribution in [1.82, 2.24) is 10.6 Å². The van der Waals surface area contributed by atoms with Crippen LogP contribution in [0.5, 0.6) is 0 Å². The molecule has 0 fully saturated rings. The van der Waals surface area contributed by atoms with Crippen LogP contribution < -0.4 is 16.4 Å². The van der Waals surface area contributed by atoms with E-state index in [0.29, 0.717) is 19.4 Å². The number of carbonyl (C=O) groups excluding carboxylic acids is 1. The lowest BCUT2D eigenvalue weighted by Gasteiger charge is -2.04. The molecule has 0 aromatic heterocycles. The van der Waals surface area contributed by atoms with Gasteiger partial charge in [0.05, 0.1) is 0 Å². The first-order chi connectivity index (χ1) is 8.48. The van der Waals surface area contributed by atoms with E-state index in [1.54, 1.807) is 5.32 Å². The Morgan fingerprint density at radius 1 is 1.33 bits per heavy atom. The monoisotopic (exact) mass is 265 g/mol. The number of hydrogen-bond donors (Lipinski definition) is 3. The highest BCUT2D eigenvalue weighted by molar-refractivity contribution is 5.85. The van der Waals surface area contributed by atoms with Gasteiger partial charge in [0.25, 0.3) is 0 Å². The molecule has 0 atom stereocenters. The van der Waals surface area contributed by atoms with E-state index in [4.69, 9.17) is 14.0 Å². The third-order valence-corrected chi connectivity index (χ3v) is 1.21. The van der Waals surface area contributed by atoms with Crippen LogP contribution in [-0.4, -0.2) is 32.0 Å². The predicted octanol–water partition coefficient (Wildman–Crippen LogP) is 0.685. The van der Waals surface area contributed by atoms with Crippen LogP contribution in [0.25, 0.3) is 0 Å². The number of rotatable bonds is 8. The normalized spacial score (nSPS) is 17.5. The van der Waals surface area contributed by atoms with Crippen LogP contribution in [0.4, 0.5) is 0 Å². The summed E-state index contributed by atoms with van der Waals surface area (Å²) in [5.41, 5.74) is 5.29. The Bertz CT molecular complexity index is 320. The van der Waals surface area contributed by atoms with Crippen molar-refractivity contribution in [3.63, 3.8) is 0 Å². The van der Waals surface area contributed by atoms with E-state index in [-0.39, 0.29) is 31.4 Å². The fourth-order valence-electron chi connectivity index (χ4n) is 0.615. The summed E-state index contributed by atoms with van der Waals surface area (Å²) >= 11 is 0. The third kappa shape index (κ3) is 20.1. The molecule has 6 heteroatoms. The highest BCUT2D eigenvalue weighted by atomic mass is 35.5. The van der Waals surface area contributed by atoms with Gasteiger partial charge in [-0.25, -0.2) is 0 Å². The Hall–Kier alpha value is -0.0300. The van der Waals surface area contributed by atoms with Gasteiger partial charge < -0.3 is 16.4 Å². The van der Waals surface area contributed by atoms with Crippen LogP contribution in [0.3, 0.4) is 0 Å². The van der Waals surface area contributed by atoms with E-state index in [2.05, 4.69) is 5.32 Å². The van der Waals surface area contributed by atoms with E-state index in [1.807, 2.05) is 0 Å². The number of carbonyl (C=O) groups is 1. The van der Waals surface area contributed by atoms with Crippen molar-refractivity contribution in [3.8, 4) is 0 Å². The molecule has 0 saturated carbocycles. The lowest BCUT2D eigenvalue weighted by Crippen LogP contribution is -2.25. The van der Waals surface area contributed by atoms with Crippen molar-refractivity contribution in [3.05, 3.63) is 0 Å². The molecule has 1 amide bonds. The maximum absolute atomic E-state index is 10.9. The molecule has 0 aromatic rings. The Labute approximate surface area is 113 Å². The average molecular weight is 266 g/mol. The summed E-state index contributed by atoms with van der Waals surface area (Å²) in [7, 11) is 0. The van der Waals surface area contributed by atoms with Crippen LogP contribution in [0.15, 0.2) is 0 Å². The second-order valence-electron chi connectivity index (χ2n) is 2.48. The summed E-state index contributed by atoms with van der Waals surface area (Å²) in [6.45, 7) is -3.81. The summed E-state index contributed by atoms with van der Waals surface area (Å²) in [5.74, 6) is -0.771. The summed E-state index contributed by atoms with van der Waals surface area (Å²) < 4.78 is 45.5. The van der Waals surface area contributed by atoms with E-state index < -0.39 is 25.3 Å². The Morgan fingerprint density at radius 3 is 2.53 bits per heavy atom. The Balaban J connectivity index is -0.00000162. The molecular formula is C9H23Cl2N3O. The molecule has 4 N–H and O–H groups in total. The highest BCUT2D eigenvalue weighted by Gasteiger charge is 1.90. The fourth-order valence-corrected chi connectivity index (χ4v) is 0.615. The fraction of sp³-hybridized carbons (Fsp3) is 0.889. The molecule has 0 aliphatic carbocycles. The SMILES string of the molecule is Cl.Cl.[2H]C([2H])(NCCCCN)C([2H])([2H])C([2H])([2H])NC(C)=O. The van der Waals surface area contributed by atoms with Gasteiger partial charge in [-0.05, 0) is 38.8 Å². The minimum absolute atomic E-state index is 0. The molecule has 15 heavy (non-hydrogen) atoms. The van der Waals surface area contributed by atoms with Crippen molar-refractivity contribution >= 4 is 30.7 Å². The zero-order valence-corrected chi connectivity index (χ0v) is 10.3. The second kappa shape index (κ2) is 16.4. The van der Waals surface area contributed by atoms with Crippen LogP contribution in [0.1, 0.15) is 34.4 Å². The lowest BCUT2D eigenvalue weighted by atomic mass is 10.3. The van der Waals surface area contributed by atoms with Crippen molar-refractivity contribution in [1.29, 1.82) is 0 Å². The van der Waals surface area contributed by atoms with Crippen molar-refractivity contribution < 1.29 is 13.0 Å². The Kier molecular flexibility index (Phi) is 9.89. The zero-order chi connectivity index (χ0) is 15.3. The molecule has 0 unspecified atom stereocenters. The van der Waals surface area contributed by atoms with Gasteiger partial charge in [-0.1, -0.05) is 0 Å². The first-order valence-corrected chi connectivity index (χ1v) is 4.22. The quantitative estimate of drug-likeness (QED) is 0.566. The van der Waals surface area contributed by atoms with Crippen LogP contribution >= 0.6 is 24.8 Å². The number of halogens is 2. The van der Waals surface area contributed by atoms with Crippen molar-refractivity contribution in [2.45, 2.75) is 26.1 Å². The second-order valence-corrected chi connectivity index (χ2v) is 2.48. The van der Waals surface area contributed by atoms with E-state index in [1.165, 1.54) is 0 Å². The molecule has 0 bridgehead atoms. The molecule has 0 aliphatic heterocycles. The molecule has 94 valence electrons. The van der Waals surface area contributed by atoms with Crippen molar-refractivity contribution in [2.75, 3.05) is 26.1 Å². The maximum atomic E-state index is 10.9.